The third-order valence-electron chi connectivity index (χ3n) is 7.09. The first-order chi connectivity index (χ1) is 17.0. The number of aliphatic hydroxyl groups excluding tert-OH is 1. The number of ether oxygens (including phenoxy) is 4. The van der Waals surface area contributed by atoms with Crippen LogP contribution in [0.2, 0.25) is 0 Å². The van der Waals surface area contributed by atoms with Crippen LogP contribution in [0.3, 0.4) is 0 Å². The standard InChI is InChI=1S/C29H49NO5/c1-4-5-6-7-8-9-10-11-12-16-20-30-24(19-21-31)25-26(32-22-23-17-14-13-15-18-23)27-28(33-25)35-29(2,3)34-27/h13-15,17-18,24-28,30-31H,4-12,16,19-22H2,1-3H3/t24-,25-,26+,27-,28-/m1/s1. The summed E-state index contributed by atoms with van der Waals surface area (Å²) in [6, 6.07) is 10.2. The first-order valence-corrected chi connectivity index (χ1v) is 14.0. The quantitative estimate of drug-likeness (QED) is 0.256. The van der Waals surface area contributed by atoms with Gasteiger partial charge >= 0.3 is 0 Å². The second-order valence-corrected chi connectivity index (χ2v) is 10.6. The van der Waals surface area contributed by atoms with Gasteiger partial charge < -0.3 is 29.4 Å². The minimum absolute atomic E-state index is 0.0137. The van der Waals surface area contributed by atoms with Gasteiger partial charge in [-0.15, -0.1) is 0 Å². The summed E-state index contributed by atoms with van der Waals surface area (Å²) < 4.78 is 24.9. The molecule has 0 saturated carbocycles. The molecule has 0 spiro atoms. The zero-order valence-electron chi connectivity index (χ0n) is 22.3. The van der Waals surface area contributed by atoms with Crippen LogP contribution in [0.1, 0.15) is 97.0 Å². The van der Waals surface area contributed by atoms with Gasteiger partial charge in [0.05, 0.1) is 6.61 Å². The maximum atomic E-state index is 9.76. The smallest absolute Gasteiger partial charge is 0.190 e. The number of hydrogen-bond donors (Lipinski definition) is 2. The molecule has 0 aromatic heterocycles. The van der Waals surface area contributed by atoms with E-state index < -0.39 is 12.1 Å². The van der Waals surface area contributed by atoms with Gasteiger partial charge in [-0.3, -0.25) is 0 Å². The molecule has 2 N–H and O–H groups in total. The van der Waals surface area contributed by atoms with E-state index in [2.05, 4.69) is 24.4 Å². The maximum absolute atomic E-state index is 9.76. The average Bonchev–Trinajstić information content (AvgIpc) is 3.32. The fourth-order valence-corrected chi connectivity index (χ4v) is 5.21. The number of nitrogens with one attached hydrogen (secondary N) is 1. The van der Waals surface area contributed by atoms with Crippen LogP contribution in [0.15, 0.2) is 30.3 Å². The van der Waals surface area contributed by atoms with Crippen LogP contribution in [-0.4, -0.2) is 54.7 Å². The van der Waals surface area contributed by atoms with Crippen molar-refractivity contribution in [1.29, 1.82) is 0 Å². The molecule has 0 radical (unpaired) electrons. The van der Waals surface area contributed by atoms with Gasteiger partial charge in [0.1, 0.15) is 18.3 Å². The number of unbranched alkanes of at least 4 members (excludes halogenated alkanes) is 9. The van der Waals surface area contributed by atoms with Crippen molar-refractivity contribution >= 4 is 0 Å². The van der Waals surface area contributed by atoms with E-state index in [0.29, 0.717) is 13.0 Å². The highest BCUT2D eigenvalue weighted by Gasteiger charge is 2.56. The molecule has 2 fully saturated rings. The van der Waals surface area contributed by atoms with E-state index >= 15 is 0 Å². The van der Waals surface area contributed by atoms with Crippen molar-refractivity contribution in [3.8, 4) is 0 Å². The SMILES string of the molecule is CCCCCCCCCCCCN[C@H](CCO)[C@H]1O[C@@H]2OC(C)(C)O[C@@H]2[C@H]1OCc1ccccc1. The zero-order chi connectivity index (χ0) is 24.9. The minimum atomic E-state index is -0.690. The molecule has 3 rings (SSSR count). The summed E-state index contributed by atoms with van der Waals surface area (Å²) in [5, 5.41) is 13.4. The van der Waals surface area contributed by atoms with E-state index in [0.717, 1.165) is 18.5 Å². The molecule has 5 atom stereocenters. The second kappa shape index (κ2) is 15.3. The monoisotopic (exact) mass is 491 g/mol. The summed E-state index contributed by atoms with van der Waals surface area (Å²) in [6.07, 6.45) is 12.6. The van der Waals surface area contributed by atoms with Crippen molar-refractivity contribution in [3.05, 3.63) is 35.9 Å². The van der Waals surface area contributed by atoms with E-state index in [1.165, 1.54) is 57.8 Å². The topological polar surface area (TPSA) is 69.2 Å². The molecule has 2 heterocycles. The molecule has 35 heavy (non-hydrogen) atoms. The van der Waals surface area contributed by atoms with Gasteiger partial charge in [-0.1, -0.05) is 95.0 Å². The molecule has 2 aliphatic heterocycles. The molecule has 0 aliphatic carbocycles. The first-order valence-electron chi connectivity index (χ1n) is 14.0. The van der Waals surface area contributed by atoms with Crippen LogP contribution in [0, 0.1) is 0 Å². The molecule has 1 aromatic rings. The van der Waals surface area contributed by atoms with Crippen molar-refractivity contribution in [3.63, 3.8) is 0 Å². The maximum Gasteiger partial charge on any atom is 0.190 e. The van der Waals surface area contributed by atoms with Crippen molar-refractivity contribution < 1.29 is 24.1 Å². The molecule has 0 unspecified atom stereocenters. The van der Waals surface area contributed by atoms with Gasteiger partial charge in [0.2, 0.25) is 0 Å². The molecule has 1 aromatic carbocycles. The molecule has 6 nitrogen and oxygen atoms in total. The Morgan fingerprint density at radius 1 is 0.943 bits per heavy atom. The Bertz CT molecular complexity index is 685. The van der Waals surface area contributed by atoms with E-state index in [-0.39, 0.29) is 31.0 Å². The summed E-state index contributed by atoms with van der Waals surface area (Å²) >= 11 is 0. The van der Waals surface area contributed by atoms with Crippen LogP contribution in [0.4, 0.5) is 0 Å². The zero-order valence-corrected chi connectivity index (χ0v) is 22.3. The largest absolute Gasteiger partial charge is 0.396 e. The molecule has 0 bridgehead atoms. The van der Waals surface area contributed by atoms with Crippen molar-refractivity contribution in [2.24, 2.45) is 0 Å². The summed E-state index contributed by atoms with van der Waals surface area (Å²) in [5.74, 6) is -0.690. The molecule has 200 valence electrons. The van der Waals surface area contributed by atoms with Crippen LogP contribution < -0.4 is 5.32 Å². The van der Waals surface area contributed by atoms with Gasteiger partial charge in [-0.05, 0) is 38.8 Å². The molecule has 0 amide bonds. The van der Waals surface area contributed by atoms with Crippen LogP contribution in [0.25, 0.3) is 0 Å². The molecule has 6 heteroatoms. The molecule has 2 aliphatic rings. The Morgan fingerprint density at radius 3 is 2.26 bits per heavy atom. The second-order valence-electron chi connectivity index (χ2n) is 10.6. The highest BCUT2D eigenvalue weighted by molar-refractivity contribution is 5.13. The molecule has 2 saturated heterocycles. The average molecular weight is 492 g/mol. The molecular weight excluding hydrogens is 442 g/mol. The normalized spacial score (nSPS) is 26.2. The fourth-order valence-electron chi connectivity index (χ4n) is 5.21. The summed E-state index contributed by atoms with van der Waals surface area (Å²) in [6.45, 7) is 7.59. The third kappa shape index (κ3) is 9.42. The van der Waals surface area contributed by atoms with E-state index in [1.807, 2.05) is 32.0 Å². The summed E-state index contributed by atoms with van der Waals surface area (Å²) in [4.78, 5) is 0. The Morgan fingerprint density at radius 2 is 1.60 bits per heavy atom. The van der Waals surface area contributed by atoms with Crippen molar-refractivity contribution in [2.75, 3.05) is 13.2 Å². The number of fused-ring (bicyclic) bond motifs is 1. The Kier molecular flexibility index (Phi) is 12.5. The van der Waals surface area contributed by atoms with Crippen LogP contribution >= 0.6 is 0 Å². The van der Waals surface area contributed by atoms with E-state index in [1.54, 1.807) is 0 Å². The lowest BCUT2D eigenvalue weighted by molar-refractivity contribution is -0.222. The highest BCUT2D eigenvalue weighted by Crippen LogP contribution is 2.40. The van der Waals surface area contributed by atoms with Crippen molar-refractivity contribution in [1.82, 2.24) is 5.32 Å². The highest BCUT2D eigenvalue weighted by atomic mass is 16.8. The van der Waals surface area contributed by atoms with Gasteiger partial charge in [0.15, 0.2) is 12.1 Å². The van der Waals surface area contributed by atoms with E-state index in [9.17, 15) is 5.11 Å². The lowest BCUT2D eigenvalue weighted by atomic mass is 10.00. The molecular formula is C29H49NO5. The lowest BCUT2D eigenvalue weighted by Gasteiger charge is -2.31. The number of rotatable bonds is 18. The minimum Gasteiger partial charge on any atom is -0.396 e. The Hall–Kier alpha value is -1.02. The van der Waals surface area contributed by atoms with Crippen LogP contribution in [-0.2, 0) is 25.6 Å². The first kappa shape index (κ1) is 28.5. The van der Waals surface area contributed by atoms with Crippen LogP contribution in [0.5, 0.6) is 0 Å². The Balaban J connectivity index is 1.45. The number of aliphatic hydroxyl groups is 1. The van der Waals surface area contributed by atoms with E-state index in [4.69, 9.17) is 18.9 Å². The fraction of sp³-hybridized carbons (Fsp3) is 0.793. The number of hydrogen-bond acceptors (Lipinski definition) is 6. The van der Waals surface area contributed by atoms with Gasteiger partial charge in [0.25, 0.3) is 0 Å². The Labute approximate surface area is 213 Å². The lowest BCUT2D eigenvalue weighted by Crippen LogP contribution is -2.49. The predicted molar refractivity (Wildman–Crippen MR) is 139 cm³/mol. The van der Waals surface area contributed by atoms with Crippen molar-refractivity contribution in [2.45, 2.75) is 134 Å². The third-order valence-corrected chi connectivity index (χ3v) is 7.09. The summed E-state index contributed by atoms with van der Waals surface area (Å²) in [7, 11) is 0. The predicted octanol–water partition coefficient (Wildman–Crippen LogP) is 5.71. The van der Waals surface area contributed by atoms with Gasteiger partial charge in [-0.2, -0.15) is 0 Å². The summed E-state index contributed by atoms with van der Waals surface area (Å²) in [5.41, 5.74) is 1.12. The van der Waals surface area contributed by atoms with Gasteiger partial charge in [0, 0.05) is 12.6 Å². The van der Waals surface area contributed by atoms with Gasteiger partial charge in [-0.25, -0.2) is 0 Å². The number of benzene rings is 1.